The molecule has 2 N–H and O–H groups in total. The zero-order valence-electron chi connectivity index (χ0n) is 18.0. The highest BCUT2D eigenvalue weighted by Crippen LogP contribution is 2.40. The van der Waals surface area contributed by atoms with Crippen LogP contribution in [0.1, 0.15) is 42.4 Å². The van der Waals surface area contributed by atoms with Gasteiger partial charge in [-0.1, -0.05) is 13.8 Å². The van der Waals surface area contributed by atoms with Crippen LogP contribution in [0.2, 0.25) is 0 Å². The van der Waals surface area contributed by atoms with Crippen molar-refractivity contribution in [1.29, 1.82) is 0 Å². The molecule has 1 amide bonds. The lowest BCUT2D eigenvalue weighted by Gasteiger charge is -2.23. The van der Waals surface area contributed by atoms with E-state index in [-0.39, 0.29) is 52.8 Å². The zero-order valence-corrected chi connectivity index (χ0v) is 18.0. The van der Waals surface area contributed by atoms with E-state index in [9.17, 15) is 23.1 Å². The summed E-state index contributed by atoms with van der Waals surface area (Å²) in [4.78, 5) is 26.9. The van der Waals surface area contributed by atoms with Gasteiger partial charge in [-0.3, -0.25) is 4.79 Å². The van der Waals surface area contributed by atoms with Crippen LogP contribution in [-0.4, -0.2) is 45.0 Å². The van der Waals surface area contributed by atoms with E-state index in [1.807, 2.05) is 13.8 Å². The second kappa shape index (κ2) is 8.68. The number of amides is 1. The van der Waals surface area contributed by atoms with Crippen molar-refractivity contribution < 1.29 is 23.1 Å². The quantitative estimate of drug-likeness (QED) is 0.582. The topological polar surface area (TPSA) is 91.2 Å². The summed E-state index contributed by atoms with van der Waals surface area (Å²) in [6.07, 6.45) is 3.76. The number of benzene rings is 1. The number of phenols is 1. The summed E-state index contributed by atoms with van der Waals surface area (Å²) in [5.74, 6) is -3.75. The molecule has 2 aromatic heterocycles. The minimum atomic E-state index is -2.90. The Balaban J connectivity index is 1.77. The molecule has 0 atom stereocenters. The van der Waals surface area contributed by atoms with E-state index in [1.165, 1.54) is 41.7 Å². The number of nitrogens with one attached hydrogen (secondary N) is 1. The van der Waals surface area contributed by atoms with Gasteiger partial charge in [-0.15, -0.1) is 0 Å². The molecule has 0 bridgehead atoms. The maximum atomic E-state index is 14.7. The molecule has 3 aromatic rings. The van der Waals surface area contributed by atoms with Crippen LogP contribution in [0.4, 0.5) is 24.7 Å². The molecular weight excluding hydrogens is 435 g/mol. The molecule has 3 heterocycles. The van der Waals surface area contributed by atoms with Crippen molar-refractivity contribution in [3.05, 3.63) is 60.1 Å². The lowest BCUT2D eigenvalue weighted by Crippen LogP contribution is -2.27. The fraction of sp³-hybridized carbons (Fsp3) is 0.304. The molecule has 1 aliphatic rings. The molecule has 0 radical (unpaired) electrons. The van der Waals surface area contributed by atoms with Crippen LogP contribution in [0.3, 0.4) is 0 Å². The van der Waals surface area contributed by atoms with Crippen molar-refractivity contribution in [2.75, 3.05) is 23.3 Å². The minimum Gasteiger partial charge on any atom is -0.508 e. The number of aromatic nitrogens is 3. The number of pyridine rings is 1. The van der Waals surface area contributed by atoms with Gasteiger partial charge in [0.1, 0.15) is 17.4 Å². The van der Waals surface area contributed by atoms with Gasteiger partial charge in [0.05, 0.1) is 17.8 Å². The molecule has 4 rings (SSSR count). The SMILES string of the molecule is CC(C)c1ncc(C(=O)Nc2c(-c3ccc(O)cc3F)ccnc2N2CCC(F)(F)C2)cn1. The Morgan fingerprint density at radius 3 is 2.48 bits per heavy atom. The van der Waals surface area contributed by atoms with Crippen molar-refractivity contribution >= 4 is 17.4 Å². The van der Waals surface area contributed by atoms with Crippen molar-refractivity contribution in [3.8, 4) is 16.9 Å². The lowest BCUT2D eigenvalue weighted by molar-refractivity contribution is 0.0257. The van der Waals surface area contributed by atoms with Crippen LogP contribution >= 0.6 is 0 Å². The number of anilines is 2. The molecule has 1 fully saturated rings. The molecule has 1 saturated heterocycles. The van der Waals surface area contributed by atoms with Gasteiger partial charge in [-0.25, -0.2) is 28.1 Å². The molecule has 0 unspecified atom stereocenters. The Labute approximate surface area is 188 Å². The first-order valence-electron chi connectivity index (χ1n) is 10.4. The molecule has 7 nitrogen and oxygen atoms in total. The van der Waals surface area contributed by atoms with Crippen LogP contribution < -0.4 is 10.2 Å². The average molecular weight is 457 g/mol. The summed E-state index contributed by atoms with van der Waals surface area (Å²) in [5, 5.41) is 12.3. The highest BCUT2D eigenvalue weighted by molar-refractivity contribution is 6.08. The number of aromatic hydroxyl groups is 1. The van der Waals surface area contributed by atoms with Gasteiger partial charge in [0.25, 0.3) is 11.8 Å². The number of hydrogen-bond acceptors (Lipinski definition) is 6. The van der Waals surface area contributed by atoms with E-state index in [2.05, 4.69) is 20.3 Å². The third-order valence-electron chi connectivity index (χ3n) is 5.33. The fourth-order valence-electron chi connectivity index (χ4n) is 3.62. The third kappa shape index (κ3) is 4.74. The molecule has 0 saturated carbocycles. The third-order valence-corrected chi connectivity index (χ3v) is 5.33. The number of hydrogen-bond donors (Lipinski definition) is 2. The van der Waals surface area contributed by atoms with E-state index >= 15 is 0 Å². The Kier molecular flexibility index (Phi) is 5.92. The molecule has 172 valence electrons. The number of halogens is 3. The van der Waals surface area contributed by atoms with E-state index in [0.717, 1.165) is 6.07 Å². The number of carbonyl (C=O) groups is 1. The van der Waals surface area contributed by atoms with E-state index < -0.39 is 24.2 Å². The molecule has 1 aliphatic heterocycles. The molecular formula is C23H22F3N5O2. The van der Waals surface area contributed by atoms with Crippen molar-refractivity contribution in [2.24, 2.45) is 0 Å². The number of carbonyl (C=O) groups excluding carboxylic acids is 1. The highest BCUT2D eigenvalue weighted by atomic mass is 19.3. The number of nitrogens with zero attached hydrogens (tertiary/aromatic N) is 4. The smallest absolute Gasteiger partial charge is 0.266 e. The Bertz CT molecular complexity index is 1190. The van der Waals surface area contributed by atoms with Gasteiger partial charge >= 0.3 is 0 Å². The first kappa shape index (κ1) is 22.5. The first-order valence-corrected chi connectivity index (χ1v) is 10.4. The highest BCUT2D eigenvalue weighted by Gasteiger charge is 2.40. The monoisotopic (exact) mass is 457 g/mol. The summed E-state index contributed by atoms with van der Waals surface area (Å²) < 4.78 is 42.5. The van der Waals surface area contributed by atoms with Gasteiger partial charge in [-0.05, 0) is 18.2 Å². The van der Waals surface area contributed by atoms with Gasteiger partial charge in [0, 0.05) is 54.7 Å². The minimum absolute atomic E-state index is 0.0244. The van der Waals surface area contributed by atoms with Crippen LogP contribution in [-0.2, 0) is 0 Å². The Morgan fingerprint density at radius 1 is 1.15 bits per heavy atom. The van der Waals surface area contributed by atoms with E-state index in [0.29, 0.717) is 5.82 Å². The zero-order chi connectivity index (χ0) is 23.8. The standard InChI is InChI=1S/C23H22F3N5O2/c1-13(2)20-28-10-14(11-29-20)22(33)30-19-17(16-4-3-15(32)9-18(16)24)5-7-27-21(19)31-8-6-23(25,26)12-31/h3-5,7,9-11,13,32H,6,8,12H2,1-2H3,(H,30,33). The molecule has 0 aliphatic carbocycles. The van der Waals surface area contributed by atoms with Crippen LogP contribution in [0.25, 0.3) is 11.1 Å². The number of alkyl halides is 2. The number of phenolic OH excluding ortho intramolecular Hbond substituents is 1. The molecule has 33 heavy (non-hydrogen) atoms. The van der Waals surface area contributed by atoms with Gasteiger partial charge < -0.3 is 15.3 Å². The molecule has 10 heteroatoms. The molecule has 1 aromatic carbocycles. The van der Waals surface area contributed by atoms with Crippen LogP contribution in [0, 0.1) is 5.82 Å². The van der Waals surface area contributed by atoms with Gasteiger partial charge in [-0.2, -0.15) is 0 Å². The molecule has 0 spiro atoms. The van der Waals surface area contributed by atoms with Crippen LogP contribution in [0.5, 0.6) is 5.75 Å². The Morgan fingerprint density at radius 2 is 1.88 bits per heavy atom. The normalized spacial score (nSPS) is 15.2. The van der Waals surface area contributed by atoms with E-state index in [1.54, 1.807) is 0 Å². The second-order valence-electron chi connectivity index (χ2n) is 8.19. The summed E-state index contributed by atoms with van der Waals surface area (Å²) in [6.45, 7) is 3.29. The maximum Gasteiger partial charge on any atom is 0.266 e. The lowest BCUT2D eigenvalue weighted by atomic mass is 10.0. The van der Waals surface area contributed by atoms with Crippen LogP contribution in [0.15, 0.2) is 42.9 Å². The van der Waals surface area contributed by atoms with Gasteiger partial charge in [0.15, 0.2) is 5.82 Å². The van der Waals surface area contributed by atoms with Crippen molar-refractivity contribution in [2.45, 2.75) is 32.1 Å². The average Bonchev–Trinajstić information content (AvgIpc) is 3.13. The maximum absolute atomic E-state index is 14.7. The summed E-state index contributed by atoms with van der Waals surface area (Å²) in [7, 11) is 0. The Hall–Kier alpha value is -3.69. The fourth-order valence-corrected chi connectivity index (χ4v) is 3.62. The van der Waals surface area contributed by atoms with E-state index in [4.69, 9.17) is 0 Å². The predicted molar refractivity (Wildman–Crippen MR) is 117 cm³/mol. The first-order chi connectivity index (χ1) is 15.6. The second-order valence-corrected chi connectivity index (χ2v) is 8.19. The predicted octanol–water partition coefficient (Wildman–Crippen LogP) is 4.60. The summed E-state index contributed by atoms with van der Waals surface area (Å²) in [6, 6.07) is 5.05. The van der Waals surface area contributed by atoms with Crippen molar-refractivity contribution in [1.82, 2.24) is 15.0 Å². The summed E-state index contributed by atoms with van der Waals surface area (Å²) in [5.41, 5.74) is 0.542. The van der Waals surface area contributed by atoms with Crippen molar-refractivity contribution in [3.63, 3.8) is 0 Å². The van der Waals surface area contributed by atoms with Gasteiger partial charge in [0.2, 0.25) is 0 Å². The number of rotatable bonds is 5. The largest absolute Gasteiger partial charge is 0.508 e. The summed E-state index contributed by atoms with van der Waals surface area (Å²) >= 11 is 0.